The monoisotopic (exact) mass is 319 g/mol. The van der Waals surface area contributed by atoms with E-state index in [0.29, 0.717) is 5.95 Å². The van der Waals surface area contributed by atoms with Crippen molar-refractivity contribution in [2.45, 2.75) is 31.8 Å². The van der Waals surface area contributed by atoms with E-state index in [1.165, 1.54) is 16.7 Å². The summed E-state index contributed by atoms with van der Waals surface area (Å²) in [6.07, 6.45) is 1.95. The number of anilines is 2. The van der Waals surface area contributed by atoms with Gasteiger partial charge in [-0.3, -0.25) is 0 Å². The number of aryl methyl sites for hydroxylation is 1. The fraction of sp³-hybridized carbons (Fsp3) is 0.263. The predicted octanol–water partition coefficient (Wildman–Crippen LogP) is 3.57. The molecule has 24 heavy (non-hydrogen) atoms. The Bertz CT molecular complexity index is 823. The molecule has 3 aromatic rings. The largest absolute Gasteiger partial charge is 0.366 e. The minimum absolute atomic E-state index is 0.127. The molecule has 0 amide bonds. The minimum atomic E-state index is 0.127. The van der Waals surface area contributed by atoms with Crippen molar-refractivity contribution in [2.75, 3.05) is 11.1 Å². The maximum atomic E-state index is 5.85. The van der Waals surface area contributed by atoms with Gasteiger partial charge in [-0.05, 0) is 29.5 Å². The van der Waals surface area contributed by atoms with Crippen LogP contribution in [0.15, 0.2) is 54.6 Å². The molecule has 3 N–H and O–H groups in total. The molecule has 2 atom stereocenters. The molecule has 1 aromatic heterocycles. The van der Waals surface area contributed by atoms with E-state index in [1.54, 1.807) is 0 Å². The Kier molecular flexibility index (Phi) is 3.69. The van der Waals surface area contributed by atoms with Gasteiger partial charge in [0.2, 0.25) is 11.9 Å². The molecule has 5 nitrogen and oxygen atoms in total. The van der Waals surface area contributed by atoms with Crippen molar-refractivity contribution in [1.29, 1.82) is 0 Å². The van der Waals surface area contributed by atoms with Crippen LogP contribution in [-0.4, -0.2) is 14.8 Å². The third-order valence-corrected chi connectivity index (χ3v) is 4.68. The molecule has 0 saturated carbocycles. The van der Waals surface area contributed by atoms with E-state index in [1.807, 2.05) is 10.7 Å². The molecule has 1 aliphatic rings. The van der Waals surface area contributed by atoms with Crippen LogP contribution >= 0.6 is 0 Å². The van der Waals surface area contributed by atoms with Crippen molar-refractivity contribution in [2.24, 2.45) is 0 Å². The van der Waals surface area contributed by atoms with E-state index in [4.69, 9.17) is 5.73 Å². The second kappa shape index (κ2) is 6.00. The van der Waals surface area contributed by atoms with Crippen LogP contribution in [0.5, 0.6) is 0 Å². The summed E-state index contributed by atoms with van der Waals surface area (Å²) in [7, 11) is 0. The molecule has 0 saturated heterocycles. The molecule has 5 heteroatoms. The number of hydrogen-bond acceptors (Lipinski definition) is 4. The Balaban J connectivity index is 1.73. The fourth-order valence-corrected chi connectivity index (χ4v) is 3.35. The predicted molar refractivity (Wildman–Crippen MR) is 95.8 cm³/mol. The van der Waals surface area contributed by atoms with E-state index in [0.717, 1.165) is 18.8 Å². The van der Waals surface area contributed by atoms with Crippen LogP contribution in [0.25, 0.3) is 0 Å². The van der Waals surface area contributed by atoms with Gasteiger partial charge in [0.25, 0.3) is 0 Å². The summed E-state index contributed by atoms with van der Waals surface area (Å²) in [4.78, 5) is 4.35. The molecule has 0 aliphatic carbocycles. The van der Waals surface area contributed by atoms with Crippen LogP contribution in [0, 0.1) is 0 Å². The highest BCUT2D eigenvalue weighted by molar-refractivity contribution is 5.41. The molecule has 4 rings (SSSR count). The van der Waals surface area contributed by atoms with Gasteiger partial charge in [-0.1, -0.05) is 61.5 Å². The van der Waals surface area contributed by atoms with Gasteiger partial charge in [-0.15, -0.1) is 5.10 Å². The zero-order chi connectivity index (χ0) is 16.5. The molecule has 0 unspecified atom stereocenters. The normalized spacial score (nSPS) is 19.5. The summed E-state index contributed by atoms with van der Waals surface area (Å²) in [5.41, 5.74) is 9.67. The van der Waals surface area contributed by atoms with Crippen molar-refractivity contribution in [3.05, 3.63) is 71.3 Å². The Labute approximate surface area is 141 Å². The van der Waals surface area contributed by atoms with Crippen molar-refractivity contribution in [3.63, 3.8) is 0 Å². The van der Waals surface area contributed by atoms with Crippen LogP contribution < -0.4 is 11.1 Å². The summed E-state index contributed by atoms with van der Waals surface area (Å²) in [6, 6.07) is 19.5. The molecular weight excluding hydrogens is 298 g/mol. The van der Waals surface area contributed by atoms with Crippen molar-refractivity contribution in [1.82, 2.24) is 14.8 Å². The maximum Gasteiger partial charge on any atom is 0.241 e. The van der Waals surface area contributed by atoms with Crippen LogP contribution in [-0.2, 0) is 6.42 Å². The average molecular weight is 319 g/mol. The van der Waals surface area contributed by atoms with Gasteiger partial charge >= 0.3 is 0 Å². The first-order valence-electron chi connectivity index (χ1n) is 8.37. The molecule has 2 heterocycles. The zero-order valence-electron chi connectivity index (χ0n) is 13.7. The Morgan fingerprint density at radius 2 is 1.83 bits per heavy atom. The van der Waals surface area contributed by atoms with Gasteiger partial charge in [-0.2, -0.15) is 4.98 Å². The van der Waals surface area contributed by atoms with Crippen molar-refractivity contribution < 1.29 is 0 Å². The maximum absolute atomic E-state index is 5.85. The average Bonchev–Trinajstić information content (AvgIpc) is 3.02. The summed E-state index contributed by atoms with van der Waals surface area (Å²) in [6.45, 7) is 2.17. The van der Waals surface area contributed by atoms with E-state index in [2.05, 4.69) is 70.9 Å². The standard InChI is InChI=1S/C19H21N5/c1-2-13-8-10-15(11-9-13)17-12-16(14-6-4-3-5-7-14)21-19-22-18(20)23-24(17)19/h3-11,16-17H,2,12H2,1H3,(H3,20,21,22,23)/t16-,17-/m0/s1. The van der Waals surface area contributed by atoms with Crippen LogP contribution in [0.4, 0.5) is 11.9 Å². The van der Waals surface area contributed by atoms with Gasteiger partial charge < -0.3 is 11.1 Å². The highest BCUT2D eigenvalue weighted by Gasteiger charge is 2.30. The number of nitrogen functional groups attached to an aromatic ring is 1. The topological polar surface area (TPSA) is 68.8 Å². The smallest absolute Gasteiger partial charge is 0.241 e. The van der Waals surface area contributed by atoms with Crippen LogP contribution in [0.2, 0.25) is 0 Å². The van der Waals surface area contributed by atoms with Gasteiger partial charge in [-0.25, -0.2) is 4.68 Å². The first-order valence-corrected chi connectivity index (χ1v) is 8.37. The summed E-state index contributed by atoms with van der Waals surface area (Å²) < 4.78 is 1.91. The number of nitrogens with one attached hydrogen (secondary N) is 1. The highest BCUT2D eigenvalue weighted by Crippen LogP contribution is 2.37. The lowest BCUT2D eigenvalue weighted by Gasteiger charge is -2.31. The summed E-state index contributed by atoms with van der Waals surface area (Å²) >= 11 is 0. The number of hydrogen-bond donors (Lipinski definition) is 2. The summed E-state index contributed by atoms with van der Waals surface area (Å²) in [5, 5.41) is 7.87. The third kappa shape index (κ3) is 2.62. The number of benzene rings is 2. The fourth-order valence-electron chi connectivity index (χ4n) is 3.35. The Morgan fingerprint density at radius 1 is 1.08 bits per heavy atom. The SMILES string of the molecule is CCc1ccc([C@@H]2C[C@@H](c3ccccc3)Nc3nc(N)nn32)cc1. The lowest BCUT2D eigenvalue weighted by atomic mass is 9.93. The zero-order valence-corrected chi connectivity index (χ0v) is 13.7. The molecule has 2 aromatic carbocycles. The first kappa shape index (κ1) is 14.8. The van der Waals surface area contributed by atoms with Gasteiger partial charge in [0.15, 0.2) is 0 Å². The van der Waals surface area contributed by atoms with E-state index in [9.17, 15) is 0 Å². The Hall–Kier alpha value is -2.82. The van der Waals surface area contributed by atoms with Gasteiger partial charge in [0, 0.05) is 0 Å². The number of fused-ring (bicyclic) bond motifs is 1. The number of rotatable bonds is 3. The number of nitrogens with two attached hydrogens (primary N) is 1. The van der Waals surface area contributed by atoms with Crippen LogP contribution in [0.1, 0.15) is 42.1 Å². The van der Waals surface area contributed by atoms with Crippen LogP contribution in [0.3, 0.4) is 0 Å². The van der Waals surface area contributed by atoms with E-state index in [-0.39, 0.29) is 12.1 Å². The van der Waals surface area contributed by atoms with Crippen molar-refractivity contribution >= 4 is 11.9 Å². The second-order valence-electron chi connectivity index (χ2n) is 6.19. The van der Waals surface area contributed by atoms with Crippen molar-refractivity contribution in [3.8, 4) is 0 Å². The summed E-state index contributed by atoms with van der Waals surface area (Å²) in [5.74, 6) is 1.04. The minimum Gasteiger partial charge on any atom is -0.366 e. The molecule has 0 bridgehead atoms. The highest BCUT2D eigenvalue weighted by atomic mass is 15.4. The molecule has 0 radical (unpaired) electrons. The van der Waals surface area contributed by atoms with E-state index < -0.39 is 0 Å². The lowest BCUT2D eigenvalue weighted by Crippen LogP contribution is -2.28. The third-order valence-electron chi connectivity index (χ3n) is 4.68. The second-order valence-corrected chi connectivity index (χ2v) is 6.19. The number of aromatic nitrogens is 3. The Morgan fingerprint density at radius 3 is 2.54 bits per heavy atom. The lowest BCUT2D eigenvalue weighted by molar-refractivity contribution is 0.431. The molecule has 122 valence electrons. The molecule has 1 aliphatic heterocycles. The van der Waals surface area contributed by atoms with E-state index >= 15 is 0 Å². The quantitative estimate of drug-likeness (QED) is 0.774. The first-order chi connectivity index (χ1) is 11.7. The molecule has 0 fully saturated rings. The number of nitrogens with zero attached hydrogens (tertiary/aromatic N) is 3. The van der Waals surface area contributed by atoms with Gasteiger partial charge in [0.1, 0.15) is 0 Å². The van der Waals surface area contributed by atoms with Gasteiger partial charge in [0.05, 0.1) is 12.1 Å². The molecular formula is C19H21N5. The molecule has 0 spiro atoms.